The number of carbonyl (C=O) groups excluding carboxylic acids is 2. The van der Waals surface area contributed by atoms with Gasteiger partial charge in [0.05, 0.1) is 18.8 Å². The van der Waals surface area contributed by atoms with Gasteiger partial charge in [0, 0.05) is 38.0 Å². The molecule has 1 aromatic heterocycles. The predicted molar refractivity (Wildman–Crippen MR) is 132 cm³/mol. The van der Waals surface area contributed by atoms with Gasteiger partial charge in [-0.05, 0) is 53.6 Å². The van der Waals surface area contributed by atoms with E-state index < -0.39 is 18.0 Å². The molecule has 1 unspecified atom stereocenters. The third kappa shape index (κ3) is 6.22. The number of carbonyl (C=O) groups is 2. The number of pyridine rings is 1. The lowest BCUT2D eigenvalue weighted by molar-refractivity contribution is -0.119. The smallest absolute Gasteiger partial charge is 0.414 e. The van der Waals surface area contributed by atoms with E-state index in [1.165, 1.54) is 23.5 Å². The van der Waals surface area contributed by atoms with Crippen LogP contribution in [0.5, 0.6) is 0 Å². The van der Waals surface area contributed by atoms with Crippen molar-refractivity contribution in [1.82, 2.24) is 15.2 Å². The third-order valence-electron chi connectivity index (χ3n) is 5.99. The molecule has 0 radical (unpaired) electrons. The summed E-state index contributed by atoms with van der Waals surface area (Å²) in [5.74, 6) is -0.613. The normalized spacial score (nSPS) is 15.4. The first kappa shape index (κ1) is 24.3. The molecule has 8 heteroatoms. The van der Waals surface area contributed by atoms with Crippen LogP contribution in [0.25, 0.3) is 11.1 Å². The van der Waals surface area contributed by atoms with Crippen molar-refractivity contribution in [3.05, 3.63) is 83.9 Å². The third-order valence-corrected chi connectivity index (χ3v) is 5.99. The van der Waals surface area contributed by atoms with Gasteiger partial charge in [0.2, 0.25) is 5.91 Å². The number of rotatable bonds is 9. The van der Waals surface area contributed by atoms with E-state index >= 15 is 4.39 Å². The lowest BCUT2D eigenvalue weighted by Crippen LogP contribution is -2.33. The van der Waals surface area contributed by atoms with Crippen LogP contribution in [-0.2, 0) is 22.6 Å². The molecule has 1 saturated heterocycles. The van der Waals surface area contributed by atoms with Gasteiger partial charge in [0.1, 0.15) is 11.9 Å². The number of amides is 2. The number of hydrogen-bond donors (Lipinski definition) is 1. The zero-order valence-electron chi connectivity index (χ0n) is 19.9. The van der Waals surface area contributed by atoms with Crippen LogP contribution in [0.15, 0.2) is 67.0 Å². The van der Waals surface area contributed by atoms with Crippen molar-refractivity contribution in [2.24, 2.45) is 0 Å². The number of benzene rings is 2. The number of hydrogen-bond acceptors (Lipinski definition) is 5. The average molecular weight is 477 g/mol. The number of cyclic esters (lactones) is 1. The van der Waals surface area contributed by atoms with Gasteiger partial charge in [-0.3, -0.25) is 19.6 Å². The Morgan fingerprint density at radius 3 is 2.43 bits per heavy atom. The molecule has 4 rings (SSSR count). The lowest BCUT2D eigenvalue weighted by Gasteiger charge is -2.20. The highest BCUT2D eigenvalue weighted by Gasteiger charge is 2.32. The number of nitrogens with zero attached hydrogens (tertiary/aromatic N) is 3. The van der Waals surface area contributed by atoms with Crippen LogP contribution in [0, 0.1) is 5.82 Å². The summed E-state index contributed by atoms with van der Waals surface area (Å²) < 4.78 is 20.3. The van der Waals surface area contributed by atoms with Crippen LogP contribution in [0.4, 0.5) is 14.9 Å². The number of anilines is 1. The van der Waals surface area contributed by atoms with Crippen LogP contribution in [0.1, 0.15) is 25.0 Å². The van der Waals surface area contributed by atoms with E-state index in [9.17, 15) is 9.59 Å². The number of ether oxygens (including phenoxy) is 1. The van der Waals surface area contributed by atoms with E-state index in [1.807, 2.05) is 36.4 Å². The van der Waals surface area contributed by atoms with Crippen LogP contribution in [0.2, 0.25) is 0 Å². The van der Waals surface area contributed by atoms with E-state index in [-0.39, 0.29) is 19.0 Å². The predicted octanol–water partition coefficient (Wildman–Crippen LogP) is 4.37. The first-order valence-corrected chi connectivity index (χ1v) is 11.7. The maximum atomic E-state index is 15.0. The molecule has 182 valence electrons. The molecule has 35 heavy (non-hydrogen) atoms. The number of nitrogens with one attached hydrogen (secondary N) is 1. The Bertz CT molecular complexity index is 1170. The minimum Gasteiger partial charge on any atom is -0.442 e. The molecule has 0 aliphatic carbocycles. The molecule has 2 amide bonds. The molecule has 0 spiro atoms. The summed E-state index contributed by atoms with van der Waals surface area (Å²) in [5.41, 5.74) is 4.01. The maximum Gasteiger partial charge on any atom is 0.414 e. The van der Waals surface area contributed by atoms with Crippen LogP contribution in [-0.4, -0.2) is 47.6 Å². The van der Waals surface area contributed by atoms with Gasteiger partial charge in [-0.25, -0.2) is 9.18 Å². The molecular weight excluding hydrogens is 447 g/mol. The second-order valence-corrected chi connectivity index (χ2v) is 8.57. The highest BCUT2D eigenvalue weighted by molar-refractivity contribution is 5.90. The SMILES string of the molecule is CCN(Cc1ccncc1)Cc1ccc(-c2ccc(N3CC(CNC(C)=O)OC3=O)cc2F)cc1. The zero-order valence-corrected chi connectivity index (χ0v) is 19.9. The first-order valence-electron chi connectivity index (χ1n) is 11.7. The van der Waals surface area contributed by atoms with Crippen molar-refractivity contribution >= 4 is 17.7 Å². The summed E-state index contributed by atoms with van der Waals surface area (Å²) in [5, 5.41) is 2.63. The highest BCUT2D eigenvalue weighted by atomic mass is 19.1. The Hall–Kier alpha value is -3.78. The Kier molecular flexibility index (Phi) is 7.72. The molecule has 0 saturated carbocycles. The van der Waals surface area contributed by atoms with Gasteiger partial charge in [-0.1, -0.05) is 31.2 Å². The number of aromatic nitrogens is 1. The Morgan fingerprint density at radius 1 is 1.11 bits per heavy atom. The molecular formula is C27H29FN4O3. The van der Waals surface area contributed by atoms with E-state index in [1.54, 1.807) is 24.5 Å². The van der Waals surface area contributed by atoms with Crippen LogP contribution < -0.4 is 10.2 Å². The second-order valence-electron chi connectivity index (χ2n) is 8.57. The first-order chi connectivity index (χ1) is 16.9. The Labute approximate surface area is 204 Å². The maximum absolute atomic E-state index is 15.0. The minimum absolute atomic E-state index is 0.197. The molecule has 0 bridgehead atoms. The topological polar surface area (TPSA) is 74.8 Å². The summed E-state index contributed by atoms with van der Waals surface area (Å²) in [7, 11) is 0. The average Bonchev–Trinajstić information content (AvgIpc) is 3.24. The molecule has 1 aliphatic rings. The Balaban J connectivity index is 1.41. The fourth-order valence-electron chi connectivity index (χ4n) is 4.08. The van der Waals surface area contributed by atoms with Crippen LogP contribution >= 0.6 is 0 Å². The van der Waals surface area contributed by atoms with Gasteiger partial charge in [-0.2, -0.15) is 0 Å². The summed E-state index contributed by atoms with van der Waals surface area (Å²) in [6.45, 7) is 6.54. The molecule has 7 nitrogen and oxygen atoms in total. The summed E-state index contributed by atoms with van der Waals surface area (Å²) in [6, 6.07) is 16.6. The van der Waals surface area contributed by atoms with Gasteiger partial charge in [0.15, 0.2) is 0 Å². The van der Waals surface area contributed by atoms with Crippen molar-refractivity contribution < 1.29 is 18.7 Å². The lowest BCUT2D eigenvalue weighted by atomic mass is 10.0. The zero-order chi connectivity index (χ0) is 24.8. The minimum atomic E-state index is -0.552. The van der Waals surface area contributed by atoms with E-state index in [4.69, 9.17) is 4.74 Å². The quantitative estimate of drug-likeness (QED) is 0.496. The molecule has 3 aromatic rings. The van der Waals surface area contributed by atoms with E-state index in [0.717, 1.165) is 30.8 Å². The van der Waals surface area contributed by atoms with Crippen molar-refractivity contribution in [2.45, 2.75) is 33.0 Å². The summed E-state index contributed by atoms with van der Waals surface area (Å²) in [4.78, 5) is 31.1. The van der Waals surface area contributed by atoms with Crippen molar-refractivity contribution in [3.63, 3.8) is 0 Å². The van der Waals surface area contributed by atoms with Crippen molar-refractivity contribution in [3.8, 4) is 11.1 Å². The summed E-state index contributed by atoms with van der Waals surface area (Å²) >= 11 is 0. The fourth-order valence-corrected chi connectivity index (χ4v) is 4.08. The number of halogens is 1. The largest absolute Gasteiger partial charge is 0.442 e. The van der Waals surface area contributed by atoms with E-state index in [2.05, 4.69) is 22.1 Å². The highest BCUT2D eigenvalue weighted by Crippen LogP contribution is 2.29. The van der Waals surface area contributed by atoms with Gasteiger partial charge in [0.25, 0.3) is 0 Å². The standard InChI is InChI=1S/C27H29FN4O3/c1-3-31(17-21-10-12-29-13-11-21)16-20-4-6-22(7-5-20)25-9-8-23(14-26(25)28)32-18-24(35-27(32)34)15-30-19(2)33/h4-14,24H,3,15-18H2,1-2H3,(H,30,33). The molecule has 1 N–H and O–H groups in total. The summed E-state index contributed by atoms with van der Waals surface area (Å²) in [6.07, 6.45) is 2.58. The van der Waals surface area contributed by atoms with Crippen molar-refractivity contribution in [1.29, 1.82) is 0 Å². The van der Waals surface area contributed by atoms with Gasteiger partial charge < -0.3 is 10.1 Å². The molecule has 1 atom stereocenters. The molecule has 1 aliphatic heterocycles. The fraction of sp³-hybridized carbons (Fsp3) is 0.296. The monoisotopic (exact) mass is 476 g/mol. The second kappa shape index (κ2) is 11.1. The van der Waals surface area contributed by atoms with E-state index in [0.29, 0.717) is 11.3 Å². The Morgan fingerprint density at radius 2 is 1.80 bits per heavy atom. The van der Waals surface area contributed by atoms with Gasteiger partial charge in [-0.15, -0.1) is 0 Å². The molecule has 2 heterocycles. The van der Waals surface area contributed by atoms with Gasteiger partial charge >= 0.3 is 6.09 Å². The molecule has 1 fully saturated rings. The molecule has 2 aromatic carbocycles. The van der Waals surface area contributed by atoms with Crippen LogP contribution in [0.3, 0.4) is 0 Å². The van der Waals surface area contributed by atoms with Crippen molar-refractivity contribution in [2.75, 3.05) is 24.5 Å².